The van der Waals surface area contributed by atoms with Gasteiger partial charge < -0.3 is 74.4 Å². The van der Waals surface area contributed by atoms with E-state index in [1.165, 1.54) is 13.8 Å². The summed E-state index contributed by atoms with van der Waals surface area (Å²) in [6.07, 6.45) is -2.49. The van der Waals surface area contributed by atoms with E-state index in [-0.39, 0.29) is 31.8 Å². The Labute approximate surface area is 434 Å². The standard InChI is InChI=1S/C53H96N2O18/c1-9-12-15-18-21-24-38(28-42(59)55-41(32-57)51(66)54-37(31-56)27-33(4)5)70-43(60)29-39(25-22-19-16-13-10-2)71-44(61)30-40(26-23-20-17-14-11-3)72-52-48(65)49(46(63)35(7)67-52)73-53-50(69-36(8)58)47(64)45(62)34(6)68-53/h33-35,37-41,45-50,52-53,56-57,62-65H,9-32H2,1-8H3,(H,54,66)(H,55,59). The number of ether oxygens (including phenoxy) is 7. The Morgan fingerprint density at radius 3 is 1.53 bits per heavy atom. The minimum atomic E-state index is -1.68. The summed E-state index contributed by atoms with van der Waals surface area (Å²) in [5.41, 5.74) is 0. The van der Waals surface area contributed by atoms with Crippen LogP contribution in [0.25, 0.3) is 0 Å². The molecule has 8 N–H and O–H groups in total. The molecule has 15 atom stereocenters. The van der Waals surface area contributed by atoms with Crippen LogP contribution >= 0.6 is 0 Å². The first-order valence-electron chi connectivity index (χ1n) is 27.5. The molecule has 20 heteroatoms. The molecule has 2 amide bonds. The molecular formula is C53H96N2O18. The summed E-state index contributed by atoms with van der Waals surface area (Å²) in [4.78, 5) is 66.1. The maximum atomic E-state index is 14.0. The van der Waals surface area contributed by atoms with Gasteiger partial charge in [0.2, 0.25) is 11.8 Å². The van der Waals surface area contributed by atoms with E-state index >= 15 is 0 Å². The van der Waals surface area contributed by atoms with Gasteiger partial charge in [-0.25, -0.2) is 0 Å². The SMILES string of the molecule is CCCCCCCC(CC(=O)NC(CO)C(=O)NC(CO)CC(C)C)OC(=O)CC(CCCCCCC)OC(=O)CC(CCCCCCC)OC1OC(C)C(O)C(OC2OC(C)C(O)C(O)C2OC(C)=O)C1O. The summed E-state index contributed by atoms with van der Waals surface area (Å²) in [6.45, 7) is 13.3. The third-order valence-electron chi connectivity index (χ3n) is 13.3. The third kappa shape index (κ3) is 25.6. The Bertz CT molecular complexity index is 1560. The highest BCUT2D eigenvalue weighted by Gasteiger charge is 2.51. The average Bonchev–Trinajstić information content (AvgIpc) is 3.33. The molecule has 0 saturated carbocycles. The molecule has 2 aliphatic heterocycles. The van der Waals surface area contributed by atoms with Crippen LogP contribution in [0, 0.1) is 5.92 Å². The summed E-state index contributed by atoms with van der Waals surface area (Å²) in [6, 6.07) is -1.85. The molecule has 2 saturated heterocycles. The predicted octanol–water partition coefficient (Wildman–Crippen LogP) is 4.70. The lowest BCUT2D eigenvalue weighted by atomic mass is 9.97. The zero-order valence-corrected chi connectivity index (χ0v) is 45.3. The van der Waals surface area contributed by atoms with Crippen molar-refractivity contribution < 1.29 is 87.8 Å². The number of unbranched alkanes of at least 4 members (excludes halogenated alkanes) is 12. The topological polar surface area (TPSA) is 295 Å². The molecule has 2 heterocycles. The van der Waals surface area contributed by atoms with Gasteiger partial charge in [0.15, 0.2) is 18.7 Å². The number of carbonyl (C=O) groups is 5. The van der Waals surface area contributed by atoms with Crippen molar-refractivity contribution >= 4 is 29.7 Å². The molecule has 0 radical (unpaired) electrons. The monoisotopic (exact) mass is 1050 g/mol. The second-order valence-electron chi connectivity index (χ2n) is 20.6. The van der Waals surface area contributed by atoms with Crippen molar-refractivity contribution in [3.05, 3.63) is 0 Å². The number of aliphatic hydroxyl groups is 6. The fourth-order valence-electron chi connectivity index (χ4n) is 9.14. The van der Waals surface area contributed by atoms with E-state index in [9.17, 15) is 54.6 Å². The maximum Gasteiger partial charge on any atom is 0.309 e. The van der Waals surface area contributed by atoms with Gasteiger partial charge in [0, 0.05) is 6.92 Å². The van der Waals surface area contributed by atoms with E-state index in [2.05, 4.69) is 31.4 Å². The van der Waals surface area contributed by atoms with Gasteiger partial charge in [-0.2, -0.15) is 0 Å². The number of rotatable bonds is 38. The first-order chi connectivity index (χ1) is 34.8. The molecular weight excluding hydrogens is 953 g/mol. The van der Waals surface area contributed by atoms with Crippen LogP contribution in [0.5, 0.6) is 0 Å². The largest absolute Gasteiger partial charge is 0.462 e. The number of esters is 3. The highest BCUT2D eigenvalue weighted by atomic mass is 16.7. The molecule has 0 spiro atoms. The van der Waals surface area contributed by atoms with Crippen LogP contribution in [-0.2, 0) is 57.1 Å². The molecule has 0 bridgehead atoms. The van der Waals surface area contributed by atoms with Gasteiger partial charge in [-0.3, -0.25) is 24.0 Å². The Kier molecular flexibility index (Phi) is 33.3. The van der Waals surface area contributed by atoms with Gasteiger partial charge in [-0.1, -0.05) is 118 Å². The van der Waals surface area contributed by atoms with Crippen LogP contribution in [0.2, 0.25) is 0 Å². The van der Waals surface area contributed by atoms with E-state index in [0.717, 1.165) is 84.0 Å². The highest BCUT2D eigenvalue weighted by Crippen LogP contribution is 2.32. The van der Waals surface area contributed by atoms with Crippen LogP contribution in [0.4, 0.5) is 0 Å². The van der Waals surface area contributed by atoms with E-state index in [1.807, 2.05) is 13.8 Å². The van der Waals surface area contributed by atoms with Crippen LogP contribution in [0.15, 0.2) is 0 Å². The van der Waals surface area contributed by atoms with Crippen molar-refractivity contribution in [3.8, 4) is 0 Å². The van der Waals surface area contributed by atoms with Crippen molar-refractivity contribution in [3.63, 3.8) is 0 Å². The predicted molar refractivity (Wildman–Crippen MR) is 269 cm³/mol. The van der Waals surface area contributed by atoms with Crippen molar-refractivity contribution in [2.24, 2.45) is 5.92 Å². The summed E-state index contributed by atoms with van der Waals surface area (Å²) in [5, 5.41) is 69.1. The van der Waals surface area contributed by atoms with E-state index in [0.29, 0.717) is 44.9 Å². The molecule has 2 rings (SSSR count). The van der Waals surface area contributed by atoms with Gasteiger partial charge >= 0.3 is 17.9 Å². The Morgan fingerprint density at radius 1 is 0.562 bits per heavy atom. The quantitative estimate of drug-likeness (QED) is 0.0236. The summed E-state index contributed by atoms with van der Waals surface area (Å²) >= 11 is 0. The molecule has 2 fully saturated rings. The van der Waals surface area contributed by atoms with Crippen LogP contribution in [0.3, 0.4) is 0 Å². The summed E-state index contributed by atoms with van der Waals surface area (Å²) in [7, 11) is 0. The molecule has 0 aromatic carbocycles. The number of hydrogen-bond acceptors (Lipinski definition) is 18. The minimum Gasteiger partial charge on any atom is -0.462 e. The van der Waals surface area contributed by atoms with Crippen LogP contribution in [0.1, 0.15) is 197 Å². The van der Waals surface area contributed by atoms with Gasteiger partial charge in [0.25, 0.3) is 0 Å². The second kappa shape index (κ2) is 36.8. The highest BCUT2D eigenvalue weighted by molar-refractivity contribution is 5.88. The van der Waals surface area contributed by atoms with Gasteiger partial charge in [-0.15, -0.1) is 0 Å². The summed E-state index contributed by atoms with van der Waals surface area (Å²) in [5.74, 6) is -3.22. The first kappa shape index (κ1) is 66.1. The Balaban J connectivity index is 2.30. The number of aliphatic hydroxyl groups excluding tert-OH is 6. The third-order valence-corrected chi connectivity index (χ3v) is 13.3. The van der Waals surface area contributed by atoms with Crippen LogP contribution in [-0.4, -0.2) is 165 Å². The van der Waals surface area contributed by atoms with Gasteiger partial charge in [0.1, 0.15) is 48.8 Å². The fourth-order valence-corrected chi connectivity index (χ4v) is 9.14. The lowest BCUT2D eigenvalue weighted by Crippen LogP contribution is -2.64. The van der Waals surface area contributed by atoms with E-state index in [4.69, 9.17) is 33.2 Å². The molecule has 0 aromatic heterocycles. The van der Waals surface area contributed by atoms with E-state index in [1.54, 1.807) is 0 Å². The number of nitrogens with one attached hydrogen (secondary N) is 2. The lowest BCUT2D eigenvalue weighted by Gasteiger charge is -2.46. The van der Waals surface area contributed by atoms with Gasteiger partial charge in [0.05, 0.1) is 56.8 Å². The molecule has 15 unspecified atom stereocenters. The minimum absolute atomic E-state index is 0.176. The van der Waals surface area contributed by atoms with E-state index < -0.39 is 128 Å². The maximum absolute atomic E-state index is 14.0. The Hall–Kier alpha value is -3.05. The molecule has 73 heavy (non-hydrogen) atoms. The molecule has 2 aliphatic rings. The smallest absolute Gasteiger partial charge is 0.309 e. The van der Waals surface area contributed by atoms with Crippen molar-refractivity contribution in [1.29, 1.82) is 0 Å². The Morgan fingerprint density at radius 2 is 1.04 bits per heavy atom. The number of hydrogen-bond donors (Lipinski definition) is 8. The molecule has 426 valence electrons. The first-order valence-corrected chi connectivity index (χ1v) is 27.5. The van der Waals surface area contributed by atoms with Gasteiger partial charge in [-0.05, 0) is 58.3 Å². The zero-order chi connectivity index (χ0) is 54.5. The van der Waals surface area contributed by atoms with Crippen molar-refractivity contribution in [2.75, 3.05) is 13.2 Å². The normalized spacial score (nSPS) is 26.3. The van der Waals surface area contributed by atoms with Crippen LogP contribution < -0.4 is 10.6 Å². The number of carbonyl (C=O) groups excluding carboxylic acids is 5. The average molecular weight is 1050 g/mol. The van der Waals surface area contributed by atoms with Crippen molar-refractivity contribution in [1.82, 2.24) is 10.6 Å². The molecule has 0 aromatic rings. The number of amides is 2. The van der Waals surface area contributed by atoms with Crippen molar-refractivity contribution in [2.45, 2.75) is 288 Å². The molecule has 0 aliphatic carbocycles. The summed E-state index contributed by atoms with van der Waals surface area (Å²) < 4.78 is 41.3. The zero-order valence-electron chi connectivity index (χ0n) is 45.3. The second-order valence-corrected chi connectivity index (χ2v) is 20.6. The molecule has 20 nitrogen and oxygen atoms in total. The lowest BCUT2D eigenvalue weighted by molar-refractivity contribution is -0.358. The fraction of sp³-hybridized carbons (Fsp3) is 0.906.